The van der Waals surface area contributed by atoms with Crippen LogP contribution in [0.2, 0.25) is 5.02 Å². The van der Waals surface area contributed by atoms with Crippen LogP contribution in [0.5, 0.6) is 0 Å². The SMILES string of the molecule is N#Cc1ccc(Cl)c(NC2CCN(CC(F)(F)F)CC2)c1. The van der Waals surface area contributed by atoms with Crippen LogP contribution in [0.4, 0.5) is 18.9 Å². The molecule has 0 atom stereocenters. The second-order valence-corrected chi connectivity index (χ2v) is 5.52. The van der Waals surface area contributed by atoms with Crippen LogP contribution in [-0.2, 0) is 0 Å². The number of anilines is 1. The molecule has 0 saturated carbocycles. The topological polar surface area (TPSA) is 39.1 Å². The Kier molecular flexibility index (Phi) is 4.96. The van der Waals surface area contributed by atoms with Gasteiger partial charge in [-0.1, -0.05) is 11.6 Å². The molecule has 114 valence electrons. The summed E-state index contributed by atoms with van der Waals surface area (Å²) < 4.78 is 36.9. The van der Waals surface area contributed by atoms with Crippen LogP contribution in [-0.4, -0.2) is 36.8 Å². The summed E-state index contributed by atoms with van der Waals surface area (Å²) in [5, 5.41) is 12.6. The maximum Gasteiger partial charge on any atom is 0.401 e. The van der Waals surface area contributed by atoms with Crippen LogP contribution in [0.25, 0.3) is 0 Å². The van der Waals surface area contributed by atoms with E-state index in [9.17, 15) is 13.2 Å². The van der Waals surface area contributed by atoms with E-state index < -0.39 is 12.7 Å². The summed E-state index contributed by atoms with van der Waals surface area (Å²) in [6.07, 6.45) is -2.92. The minimum absolute atomic E-state index is 0.0703. The van der Waals surface area contributed by atoms with Gasteiger partial charge in [-0.15, -0.1) is 0 Å². The maximum atomic E-state index is 12.3. The smallest absolute Gasteiger partial charge is 0.381 e. The fourth-order valence-corrected chi connectivity index (χ4v) is 2.59. The van der Waals surface area contributed by atoms with Crippen molar-refractivity contribution in [2.24, 2.45) is 0 Å². The zero-order valence-corrected chi connectivity index (χ0v) is 12.0. The van der Waals surface area contributed by atoms with Crippen molar-refractivity contribution in [3.8, 4) is 6.07 Å². The van der Waals surface area contributed by atoms with Crippen LogP contribution in [0.15, 0.2) is 18.2 Å². The quantitative estimate of drug-likeness (QED) is 0.925. The van der Waals surface area contributed by atoms with Gasteiger partial charge in [0.25, 0.3) is 0 Å². The molecule has 1 heterocycles. The lowest BCUT2D eigenvalue weighted by Crippen LogP contribution is -2.43. The number of hydrogen-bond donors (Lipinski definition) is 1. The molecule has 3 nitrogen and oxygen atoms in total. The van der Waals surface area contributed by atoms with Gasteiger partial charge in [0, 0.05) is 19.1 Å². The molecule has 1 aliphatic heterocycles. The molecule has 1 fully saturated rings. The van der Waals surface area contributed by atoms with E-state index in [2.05, 4.69) is 5.32 Å². The summed E-state index contributed by atoms with van der Waals surface area (Å²) in [6, 6.07) is 7.02. The third-order valence-electron chi connectivity index (χ3n) is 3.45. The third-order valence-corrected chi connectivity index (χ3v) is 3.78. The molecular weight excluding hydrogens is 303 g/mol. The third kappa shape index (κ3) is 4.80. The molecule has 0 aliphatic carbocycles. The Bertz CT molecular complexity index is 531. The van der Waals surface area contributed by atoms with Crippen molar-refractivity contribution in [2.75, 3.05) is 25.0 Å². The molecule has 21 heavy (non-hydrogen) atoms. The predicted octanol–water partition coefficient (Wildman–Crippen LogP) is 3.65. The van der Waals surface area contributed by atoms with E-state index in [0.717, 1.165) is 0 Å². The summed E-state index contributed by atoms with van der Waals surface area (Å²) in [4.78, 5) is 1.41. The predicted molar refractivity (Wildman–Crippen MR) is 75.3 cm³/mol. The molecule has 0 amide bonds. The van der Waals surface area contributed by atoms with Crippen molar-refractivity contribution in [1.82, 2.24) is 4.90 Å². The normalized spacial score (nSPS) is 17.5. The van der Waals surface area contributed by atoms with Gasteiger partial charge < -0.3 is 5.32 Å². The lowest BCUT2D eigenvalue weighted by atomic mass is 10.0. The Morgan fingerprint density at radius 1 is 1.33 bits per heavy atom. The molecule has 1 aliphatic rings. The van der Waals surface area contributed by atoms with Crippen molar-refractivity contribution >= 4 is 17.3 Å². The van der Waals surface area contributed by atoms with E-state index in [1.165, 1.54) is 4.90 Å². The molecular formula is C14H15ClF3N3. The van der Waals surface area contributed by atoms with Crippen LogP contribution >= 0.6 is 11.6 Å². The average Bonchev–Trinajstić information content (AvgIpc) is 2.42. The monoisotopic (exact) mass is 317 g/mol. The zero-order valence-electron chi connectivity index (χ0n) is 11.3. The number of nitrogens with one attached hydrogen (secondary N) is 1. The lowest BCUT2D eigenvalue weighted by Gasteiger charge is -2.33. The minimum atomic E-state index is -4.15. The van der Waals surface area contributed by atoms with Gasteiger partial charge >= 0.3 is 6.18 Å². The van der Waals surface area contributed by atoms with Gasteiger partial charge in [-0.05, 0) is 31.0 Å². The first-order chi connectivity index (χ1) is 9.87. The zero-order chi connectivity index (χ0) is 15.5. The van der Waals surface area contributed by atoms with Crippen molar-refractivity contribution in [3.63, 3.8) is 0 Å². The maximum absolute atomic E-state index is 12.3. The number of nitrogens with zero attached hydrogens (tertiary/aromatic N) is 2. The second kappa shape index (κ2) is 6.54. The Hall–Kier alpha value is -1.45. The number of rotatable bonds is 3. The van der Waals surface area contributed by atoms with Crippen LogP contribution < -0.4 is 5.32 Å². The van der Waals surface area contributed by atoms with Crippen molar-refractivity contribution in [1.29, 1.82) is 5.26 Å². The Labute approximate surface area is 126 Å². The number of piperidine rings is 1. The molecule has 0 spiro atoms. The van der Waals surface area contributed by atoms with Gasteiger partial charge in [-0.3, -0.25) is 4.90 Å². The van der Waals surface area contributed by atoms with Crippen molar-refractivity contribution in [2.45, 2.75) is 25.1 Å². The van der Waals surface area contributed by atoms with Crippen molar-refractivity contribution in [3.05, 3.63) is 28.8 Å². The molecule has 1 aromatic carbocycles. The first-order valence-electron chi connectivity index (χ1n) is 6.62. The number of likely N-dealkylation sites (tertiary alicyclic amines) is 1. The average molecular weight is 318 g/mol. The number of nitriles is 1. The standard InChI is InChI=1S/C14H15ClF3N3/c15-12-2-1-10(8-19)7-13(12)20-11-3-5-21(6-4-11)9-14(16,17)18/h1-2,7,11,20H,3-6,9H2. The molecule has 7 heteroatoms. The van der Waals surface area contributed by atoms with Gasteiger partial charge in [0.2, 0.25) is 0 Å². The van der Waals surface area contributed by atoms with Crippen LogP contribution in [0.3, 0.4) is 0 Å². The molecule has 0 aromatic heterocycles. The van der Waals surface area contributed by atoms with Crippen LogP contribution in [0, 0.1) is 11.3 Å². The van der Waals surface area contributed by atoms with Gasteiger partial charge in [0.05, 0.1) is 28.9 Å². The van der Waals surface area contributed by atoms with E-state index in [4.69, 9.17) is 16.9 Å². The Morgan fingerprint density at radius 2 is 2.00 bits per heavy atom. The highest BCUT2D eigenvalue weighted by Crippen LogP contribution is 2.26. The largest absolute Gasteiger partial charge is 0.401 e. The summed E-state index contributed by atoms with van der Waals surface area (Å²) in [5.74, 6) is 0. The highest BCUT2D eigenvalue weighted by molar-refractivity contribution is 6.33. The van der Waals surface area contributed by atoms with Gasteiger partial charge in [-0.2, -0.15) is 18.4 Å². The minimum Gasteiger partial charge on any atom is -0.381 e. The fraction of sp³-hybridized carbons (Fsp3) is 0.500. The molecule has 1 saturated heterocycles. The highest BCUT2D eigenvalue weighted by Gasteiger charge is 2.32. The summed E-state index contributed by atoms with van der Waals surface area (Å²) in [5.41, 5.74) is 1.15. The van der Waals surface area contributed by atoms with E-state index in [1.807, 2.05) is 6.07 Å². The first kappa shape index (κ1) is 15.9. The molecule has 1 N–H and O–H groups in total. The van der Waals surface area contributed by atoms with Crippen LogP contribution in [0.1, 0.15) is 18.4 Å². The Morgan fingerprint density at radius 3 is 2.57 bits per heavy atom. The Balaban J connectivity index is 1.91. The first-order valence-corrected chi connectivity index (χ1v) is 7.00. The molecule has 0 bridgehead atoms. The number of hydrogen-bond acceptors (Lipinski definition) is 3. The van der Waals surface area contributed by atoms with E-state index in [0.29, 0.717) is 42.2 Å². The van der Waals surface area contributed by atoms with Gasteiger partial charge in [0.15, 0.2) is 0 Å². The molecule has 1 aromatic rings. The molecule has 0 radical (unpaired) electrons. The van der Waals surface area contributed by atoms with Gasteiger partial charge in [-0.25, -0.2) is 0 Å². The highest BCUT2D eigenvalue weighted by atomic mass is 35.5. The van der Waals surface area contributed by atoms with E-state index in [1.54, 1.807) is 18.2 Å². The summed E-state index contributed by atoms with van der Waals surface area (Å²) >= 11 is 6.06. The fourth-order valence-electron chi connectivity index (χ4n) is 2.41. The summed E-state index contributed by atoms with van der Waals surface area (Å²) in [6.45, 7) is -0.0656. The van der Waals surface area contributed by atoms with E-state index in [-0.39, 0.29) is 6.04 Å². The lowest BCUT2D eigenvalue weighted by molar-refractivity contribution is -0.147. The van der Waals surface area contributed by atoms with Crippen molar-refractivity contribution < 1.29 is 13.2 Å². The molecule has 0 unspecified atom stereocenters. The number of benzene rings is 1. The molecule has 2 rings (SSSR count). The van der Waals surface area contributed by atoms with Gasteiger partial charge in [0.1, 0.15) is 0 Å². The second-order valence-electron chi connectivity index (χ2n) is 5.12. The summed E-state index contributed by atoms with van der Waals surface area (Å²) in [7, 11) is 0. The number of alkyl halides is 3. The number of halogens is 4. The van der Waals surface area contributed by atoms with E-state index >= 15 is 0 Å².